The third-order valence-electron chi connectivity index (χ3n) is 5.91. The summed E-state index contributed by atoms with van der Waals surface area (Å²) < 4.78 is 36.0. The van der Waals surface area contributed by atoms with Crippen LogP contribution < -0.4 is 43.1 Å². The molecule has 2 aromatic carbocycles. The maximum absolute atomic E-state index is 13.6. The third-order valence-corrected chi connectivity index (χ3v) is 5.91. The van der Waals surface area contributed by atoms with E-state index in [0.717, 1.165) is 5.56 Å². The van der Waals surface area contributed by atoms with Gasteiger partial charge in [0.25, 0.3) is 6.01 Å². The Morgan fingerprint density at radius 3 is 2.72 bits per heavy atom. The van der Waals surface area contributed by atoms with Gasteiger partial charge in [-0.1, -0.05) is 6.07 Å². The number of aromatic nitrogens is 2. The Hall–Kier alpha value is -3.74. The number of carbonyl (C=O) groups is 1. The fourth-order valence-corrected chi connectivity index (χ4v) is 4.12. The van der Waals surface area contributed by atoms with Crippen molar-refractivity contribution in [1.29, 1.82) is 0 Å². The van der Waals surface area contributed by atoms with E-state index in [1.807, 2.05) is 6.07 Å². The van der Waals surface area contributed by atoms with Gasteiger partial charge in [0, 0.05) is 24.6 Å². The second-order valence-electron chi connectivity index (χ2n) is 7.99. The van der Waals surface area contributed by atoms with Crippen LogP contribution in [0, 0.1) is 5.82 Å². The van der Waals surface area contributed by atoms with E-state index in [4.69, 9.17) is 18.6 Å². The number of carboxylic acid groups (broad SMARTS) is 1. The number of carboxylic acids is 1. The third kappa shape index (κ3) is 4.83. The Morgan fingerprint density at radius 1 is 1.19 bits per heavy atom. The van der Waals surface area contributed by atoms with Crippen molar-refractivity contribution in [3.8, 4) is 17.2 Å². The van der Waals surface area contributed by atoms with E-state index in [1.165, 1.54) is 30.2 Å². The van der Waals surface area contributed by atoms with E-state index in [9.17, 15) is 14.3 Å². The van der Waals surface area contributed by atoms with Gasteiger partial charge in [-0.3, -0.25) is 4.98 Å². The molecule has 1 aliphatic heterocycles. The molecule has 0 aliphatic carbocycles. The molecule has 0 saturated carbocycles. The van der Waals surface area contributed by atoms with Crippen LogP contribution in [0.25, 0.3) is 11.1 Å². The zero-order chi connectivity index (χ0) is 24.5. The summed E-state index contributed by atoms with van der Waals surface area (Å²) in [6.45, 7) is 0.317. The minimum Gasteiger partial charge on any atom is -0.548 e. The van der Waals surface area contributed by atoms with Crippen LogP contribution in [0.5, 0.6) is 17.2 Å². The molecule has 0 radical (unpaired) electrons. The fraction of sp³-hybridized carbons (Fsp3) is 0.240. The van der Waals surface area contributed by atoms with Gasteiger partial charge >= 0.3 is 18.9 Å². The summed E-state index contributed by atoms with van der Waals surface area (Å²) in [7, 11) is 3.08. The SMILES string of the molecule is COc1ccc(COc2c(OC)ccc3c2C[C@@H](C(=O)[O-])N(c2nc4ccc(F)cc4o2)C3)nc1.[Li+]. The molecule has 0 N–H and O–H groups in total. The smallest absolute Gasteiger partial charge is 0.548 e. The van der Waals surface area contributed by atoms with Crippen LogP contribution >= 0.6 is 0 Å². The Bertz CT molecular complexity index is 1390. The zero-order valence-electron chi connectivity index (χ0n) is 20.0. The van der Waals surface area contributed by atoms with E-state index >= 15 is 0 Å². The van der Waals surface area contributed by atoms with Gasteiger partial charge in [0.2, 0.25) is 0 Å². The van der Waals surface area contributed by atoms with E-state index in [0.29, 0.717) is 34.0 Å². The van der Waals surface area contributed by atoms with E-state index < -0.39 is 17.8 Å². The van der Waals surface area contributed by atoms with Crippen LogP contribution in [0.1, 0.15) is 16.8 Å². The first-order chi connectivity index (χ1) is 17.0. The van der Waals surface area contributed by atoms with Crippen molar-refractivity contribution in [1.82, 2.24) is 9.97 Å². The summed E-state index contributed by atoms with van der Waals surface area (Å²) in [4.78, 5) is 22.3. The van der Waals surface area contributed by atoms with Gasteiger partial charge in [-0.05, 0) is 35.9 Å². The number of pyridine rings is 1. The normalized spacial score (nSPS) is 14.6. The van der Waals surface area contributed by atoms with E-state index in [2.05, 4.69) is 9.97 Å². The predicted octanol–water partition coefficient (Wildman–Crippen LogP) is -0.357. The van der Waals surface area contributed by atoms with Crippen LogP contribution in [0.3, 0.4) is 0 Å². The minimum atomic E-state index is -1.30. The first-order valence-corrected chi connectivity index (χ1v) is 10.8. The van der Waals surface area contributed by atoms with Crippen molar-refractivity contribution < 1.29 is 51.8 Å². The zero-order valence-corrected chi connectivity index (χ0v) is 20.0. The molecule has 0 fully saturated rings. The summed E-state index contributed by atoms with van der Waals surface area (Å²) in [5, 5.41) is 12.1. The van der Waals surface area contributed by atoms with Crippen LogP contribution in [-0.4, -0.2) is 36.2 Å². The maximum Gasteiger partial charge on any atom is 1.00 e. The summed E-state index contributed by atoms with van der Waals surface area (Å²) >= 11 is 0. The van der Waals surface area contributed by atoms with Crippen molar-refractivity contribution in [3.63, 3.8) is 0 Å². The van der Waals surface area contributed by atoms with Gasteiger partial charge in [0.05, 0.1) is 38.1 Å². The number of hydrogen-bond acceptors (Lipinski definition) is 9. The number of nitrogens with zero attached hydrogens (tertiary/aromatic N) is 3. The molecule has 180 valence electrons. The number of anilines is 1. The Labute approximate surface area is 218 Å². The number of oxazole rings is 1. The number of benzene rings is 2. The number of carbonyl (C=O) groups excluding carboxylic acids is 1. The van der Waals surface area contributed by atoms with Gasteiger partial charge in [0.15, 0.2) is 17.1 Å². The molecule has 0 spiro atoms. The second kappa shape index (κ2) is 10.5. The summed E-state index contributed by atoms with van der Waals surface area (Å²) in [6, 6.07) is 10.1. The van der Waals surface area contributed by atoms with Crippen LogP contribution in [0.4, 0.5) is 10.4 Å². The largest absolute Gasteiger partial charge is 1.00 e. The van der Waals surface area contributed by atoms with E-state index in [-0.39, 0.29) is 50.0 Å². The number of fused-ring (bicyclic) bond motifs is 2. The number of ether oxygens (including phenoxy) is 3. The van der Waals surface area contributed by atoms with Crippen molar-refractivity contribution in [2.24, 2.45) is 0 Å². The summed E-state index contributed by atoms with van der Waals surface area (Å²) in [6.07, 6.45) is 1.65. The molecule has 4 aromatic rings. The van der Waals surface area contributed by atoms with Gasteiger partial charge in [-0.25, -0.2) is 4.39 Å². The summed E-state index contributed by atoms with van der Waals surface area (Å²) in [5.41, 5.74) is 2.82. The predicted molar refractivity (Wildman–Crippen MR) is 121 cm³/mol. The Balaban J connectivity index is 0.00000304. The average molecular weight is 485 g/mol. The monoisotopic (exact) mass is 485 g/mol. The molecule has 0 bridgehead atoms. The number of rotatable bonds is 7. The second-order valence-corrected chi connectivity index (χ2v) is 7.99. The molecule has 9 nitrogen and oxygen atoms in total. The standard InChI is InChI=1S/C25H22FN3O6.Li/c1-32-17-6-5-16(27-11-17)13-34-23-18-10-20(24(30)31)29(12-14(18)3-8-21(23)33-2)25-28-19-7-4-15(26)9-22(19)35-25;/h3-9,11,20H,10,12-13H2,1-2H3,(H,30,31);/q;+1/p-1/t20-;/m0./s1. The number of halogens is 1. The molecular formula is C25H21FLiN3O6. The maximum atomic E-state index is 13.6. The average Bonchev–Trinajstić information content (AvgIpc) is 3.29. The Morgan fingerprint density at radius 2 is 2.03 bits per heavy atom. The summed E-state index contributed by atoms with van der Waals surface area (Å²) in [5.74, 6) is -0.230. The number of aliphatic carboxylic acids is 1. The van der Waals surface area contributed by atoms with Gasteiger partial charge in [-0.2, -0.15) is 4.98 Å². The number of methoxy groups -OCH3 is 2. The molecule has 2 aromatic heterocycles. The molecule has 0 amide bonds. The quantitative estimate of drug-likeness (QED) is 0.324. The van der Waals surface area contributed by atoms with Crippen LogP contribution in [0.15, 0.2) is 53.1 Å². The number of hydrogen-bond donors (Lipinski definition) is 0. The molecule has 36 heavy (non-hydrogen) atoms. The first-order valence-electron chi connectivity index (χ1n) is 10.8. The van der Waals surface area contributed by atoms with Crippen molar-refractivity contribution in [3.05, 3.63) is 71.3 Å². The molecule has 11 heteroatoms. The van der Waals surface area contributed by atoms with Crippen molar-refractivity contribution in [2.45, 2.75) is 25.6 Å². The Kier molecular flexibility index (Phi) is 7.38. The first kappa shape index (κ1) is 25.4. The van der Waals surface area contributed by atoms with Crippen LogP contribution in [0.2, 0.25) is 0 Å². The van der Waals surface area contributed by atoms with Gasteiger partial charge < -0.3 is 33.4 Å². The molecule has 1 aliphatic rings. The molecule has 0 unspecified atom stereocenters. The van der Waals surface area contributed by atoms with Crippen molar-refractivity contribution >= 4 is 23.1 Å². The molecule has 3 heterocycles. The molecule has 0 saturated heterocycles. The molecule has 1 atom stereocenters. The fourth-order valence-electron chi connectivity index (χ4n) is 4.12. The molecule has 5 rings (SSSR count). The van der Waals surface area contributed by atoms with E-state index in [1.54, 1.807) is 31.5 Å². The van der Waals surface area contributed by atoms with Crippen LogP contribution in [-0.2, 0) is 24.4 Å². The minimum absolute atomic E-state index is 0. The van der Waals surface area contributed by atoms with Gasteiger partial charge in [0.1, 0.15) is 23.7 Å². The van der Waals surface area contributed by atoms with Gasteiger partial charge in [-0.15, -0.1) is 0 Å². The topological polar surface area (TPSA) is 110 Å². The molecular weight excluding hydrogens is 464 g/mol. The van der Waals surface area contributed by atoms with Crippen molar-refractivity contribution in [2.75, 3.05) is 19.1 Å².